The Kier molecular flexibility index (Phi) is 5.00. The molecule has 0 radical (unpaired) electrons. The lowest BCUT2D eigenvalue weighted by molar-refractivity contribution is 0.0702. The summed E-state index contributed by atoms with van der Waals surface area (Å²) in [5.41, 5.74) is 0.510. The predicted molar refractivity (Wildman–Crippen MR) is 74.6 cm³/mol. The van der Waals surface area contributed by atoms with Gasteiger partial charge in [-0.2, -0.15) is 0 Å². The summed E-state index contributed by atoms with van der Waals surface area (Å²) in [7, 11) is 0. The normalized spacial score (nSPS) is 10.4. The van der Waals surface area contributed by atoms with E-state index in [1.807, 2.05) is 30.3 Å². The number of rotatable bonds is 5. The van der Waals surface area contributed by atoms with E-state index in [-0.39, 0.29) is 25.3 Å². The molecule has 0 saturated heterocycles. The molecular weight excluding hydrogens is 276 g/mol. The average Bonchev–Trinajstić information content (AvgIpc) is 2.50. The highest BCUT2D eigenvalue weighted by Gasteiger charge is 2.21. The van der Waals surface area contributed by atoms with Crippen LogP contribution in [0.3, 0.4) is 0 Å². The van der Waals surface area contributed by atoms with Gasteiger partial charge in [0.05, 0.1) is 12.2 Å². The number of carbonyl (C=O) groups excluding carboxylic acids is 1. The lowest BCUT2D eigenvalue weighted by Crippen LogP contribution is -2.33. The van der Waals surface area contributed by atoms with Crippen LogP contribution in [0.25, 0.3) is 0 Å². The number of aliphatic hydroxyl groups is 1. The third-order valence-electron chi connectivity index (χ3n) is 3.06. The number of benzene rings is 2. The summed E-state index contributed by atoms with van der Waals surface area (Å²) in [6, 6.07) is 12.6. The fraction of sp³-hybridized carbons (Fsp3) is 0.188. The second-order valence-corrected chi connectivity index (χ2v) is 4.54. The molecule has 0 bridgehead atoms. The Bertz CT molecular complexity index is 617. The van der Waals surface area contributed by atoms with Crippen molar-refractivity contribution in [3.8, 4) is 0 Å². The number of hydrogen-bond donors (Lipinski definition) is 1. The molecule has 1 amide bonds. The highest BCUT2D eigenvalue weighted by molar-refractivity contribution is 5.94. The van der Waals surface area contributed by atoms with Gasteiger partial charge in [0.15, 0.2) is 11.6 Å². The lowest BCUT2D eigenvalue weighted by Gasteiger charge is -2.22. The van der Waals surface area contributed by atoms with Crippen LogP contribution in [0.1, 0.15) is 15.9 Å². The lowest BCUT2D eigenvalue weighted by atomic mass is 10.1. The Morgan fingerprint density at radius 2 is 1.76 bits per heavy atom. The van der Waals surface area contributed by atoms with Crippen LogP contribution in [0.5, 0.6) is 0 Å². The van der Waals surface area contributed by atoms with E-state index in [1.54, 1.807) is 0 Å². The first-order chi connectivity index (χ1) is 10.1. The molecular formula is C16H15F2NO2. The van der Waals surface area contributed by atoms with E-state index in [9.17, 15) is 13.6 Å². The molecule has 0 spiro atoms. The van der Waals surface area contributed by atoms with Gasteiger partial charge >= 0.3 is 0 Å². The number of hydrogen-bond acceptors (Lipinski definition) is 2. The van der Waals surface area contributed by atoms with Crippen molar-refractivity contribution in [3.05, 3.63) is 71.3 Å². The van der Waals surface area contributed by atoms with E-state index in [1.165, 1.54) is 17.0 Å². The molecule has 0 heterocycles. The van der Waals surface area contributed by atoms with E-state index in [0.29, 0.717) is 0 Å². The maximum absolute atomic E-state index is 13.7. The molecule has 0 atom stereocenters. The van der Waals surface area contributed by atoms with Gasteiger partial charge in [-0.25, -0.2) is 8.78 Å². The van der Waals surface area contributed by atoms with Crippen LogP contribution in [0.2, 0.25) is 0 Å². The highest BCUT2D eigenvalue weighted by Crippen LogP contribution is 2.15. The van der Waals surface area contributed by atoms with Gasteiger partial charge < -0.3 is 10.0 Å². The van der Waals surface area contributed by atoms with Gasteiger partial charge in [0.2, 0.25) is 0 Å². The van der Waals surface area contributed by atoms with Crippen molar-refractivity contribution in [3.63, 3.8) is 0 Å². The first-order valence-electron chi connectivity index (χ1n) is 6.51. The van der Waals surface area contributed by atoms with Crippen molar-refractivity contribution in [2.45, 2.75) is 6.54 Å². The first-order valence-corrected chi connectivity index (χ1v) is 6.51. The van der Waals surface area contributed by atoms with E-state index < -0.39 is 17.5 Å². The van der Waals surface area contributed by atoms with Gasteiger partial charge in [0, 0.05) is 13.1 Å². The fourth-order valence-corrected chi connectivity index (χ4v) is 2.02. The van der Waals surface area contributed by atoms with Crippen LogP contribution in [0.4, 0.5) is 8.78 Å². The van der Waals surface area contributed by atoms with Gasteiger partial charge in [-0.15, -0.1) is 0 Å². The van der Waals surface area contributed by atoms with Crippen molar-refractivity contribution in [2.24, 2.45) is 0 Å². The Balaban J connectivity index is 2.25. The van der Waals surface area contributed by atoms with Crippen molar-refractivity contribution in [1.82, 2.24) is 4.90 Å². The standard InChI is InChI=1S/C16H15F2NO2/c17-14-8-4-7-13(15(14)18)16(21)19(9-10-20)11-12-5-2-1-3-6-12/h1-8,20H,9-11H2. The summed E-state index contributed by atoms with van der Waals surface area (Å²) in [4.78, 5) is 13.6. The van der Waals surface area contributed by atoms with E-state index in [2.05, 4.69) is 0 Å². The molecule has 0 aliphatic heterocycles. The Labute approximate surface area is 121 Å². The molecule has 21 heavy (non-hydrogen) atoms. The minimum Gasteiger partial charge on any atom is -0.395 e. The molecule has 0 aromatic heterocycles. The summed E-state index contributed by atoms with van der Waals surface area (Å²) in [5, 5.41) is 9.07. The molecule has 1 N–H and O–H groups in total. The summed E-state index contributed by atoms with van der Waals surface area (Å²) < 4.78 is 26.9. The van der Waals surface area contributed by atoms with Gasteiger partial charge in [-0.05, 0) is 17.7 Å². The SMILES string of the molecule is O=C(c1cccc(F)c1F)N(CCO)Cc1ccccc1. The minimum atomic E-state index is -1.17. The van der Waals surface area contributed by atoms with E-state index in [4.69, 9.17) is 5.11 Å². The van der Waals surface area contributed by atoms with Gasteiger partial charge in [0.1, 0.15) is 0 Å². The summed E-state index contributed by atoms with van der Waals surface area (Å²) in [6.07, 6.45) is 0. The maximum atomic E-state index is 13.7. The molecule has 110 valence electrons. The van der Waals surface area contributed by atoms with Crippen LogP contribution in [-0.2, 0) is 6.54 Å². The summed E-state index contributed by atoms with van der Waals surface area (Å²) in [5.74, 6) is -2.88. The molecule has 2 aromatic rings. The van der Waals surface area contributed by atoms with E-state index >= 15 is 0 Å². The van der Waals surface area contributed by atoms with E-state index in [0.717, 1.165) is 11.6 Å². The highest BCUT2D eigenvalue weighted by atomic mass is 19.2. The molecule has 5 heteroatoms. The number of nitrogens with zero attached hydrogens (tertiary/aromatic N) is 1. The quantitative estimate of drug-likeness (QED) is 0.920. The maximum Gasteiger partial charge on any atom is 0.257 e. The summed E-state index contributed by atoms with van der Waals surface area (Å²) >= 11 is 0. The summed E-state index contributed by atoms with van der Waals surface area (Å²) in [6.45, 7) is 0.00930. The fourth-order valence-electron chi connectivity index (χ4n) is 2.02. The number of carbonyl (C=O) groups is 1. The number of amides is 1. The van der Waals surface area contributed by atoms with Crippen molar-refractivity contribution in [2.75, 3.05) is 13.2 Å². The zero-order valence-electron chi connectivity index (χ0n) is 11.3. The second kappa shape index (κ2) is 6.95. The monoisotopic (exact) mass is 291 g/mol. The largest absolute Gasteiger partial charge is 0.395 e. The first kappa shape index (κ1) is 15.1. The third-order valence-corrected chi connectivity index (χ3v) is 3.06. The van der Waals surface area contributed by atoms with Gasteiger partial charge in [-0.1, -0.05) is 36.4 Å². The zero-order valence-corrected chi connectivity index (χ0v) is 11.3. The van der Waals surface area contributed by atoms with Gasteiger partial charge in [0.25, 0.3) is 5.91 Å². The van der Waals surface area contributed by atoms with Crippen LogP contribution >= 0.6 is 0 Å². The predicted octanol–water partition coefficient (Wildman–Crippen LogP) is 2.60. The Morgan fingerprint density at radius 3 is 2.43 bits per heavy atom. The molecule has 0 saturated carbocycles. The number of aliphatic hydroxyl groups excluding tert-OH is 1. The third kappa shape index (κ3) is 3.64. The molecule has 2 rings (SSSR count). The smallest absolute Gasteiger partial charge is 0.257 e. The molecule has 0 aliphatic rings. The van der Waals surface area contributed by atoms with Crippen LogP contribution in [0.15, 0.2) is 48.5 Å². The zero-order chi connectivity index (χ0) is 15.2. The molecule has 0 aliphatic carbocycles. The Morgan fingerprint density at radius 1 is 1.05 bits per heavy atom. The molecule has 0 fully saturated rings. The van der Waals surface area contributed by atoms with Crippen molar-refractivity contribution < 1.29 is 18.7 Å². The molecule has 2 aromatic carbocycles. The minimum absolute atomic E-state index is 0.0453. The van der Waals surface area contributed by atoms with Gasteiger partial charge in [-0.3, -0.25) is 4.79 Å². The topological polar surface area (TPSA) is 40.5 Å². The van der Waals surface area contributed by atoms with Crippen molar-refractivity contribution in [1.29, 1.82) is 0 Å². The molecule has 3 nitrogen and oxygen atoms in total. The van der Waals surface area contributed by atoms with Crippen LogP contribution < -0.4 is 0 Å². The average molecular weight is 291 g/mol. The van der Waals surface area contributed by atoms with Crippen LogP contribution in [-0.4, -0.2) is 29.1 Å². The second-order valence-electron chi connectivity index (χ2n) is 4.54. The Hall–Kier alpha value is -2.27. The van der Waals surface area contributed by atoms with Crippen LogP contribution in [0, 0.1) is 11.6 Å². The number of halogens is 2. The molecule has 0 unspecified atom stereocenters. The van der Waals surface area contributed by atoms with Crippen molar-refractivity contribution >= 4 is 5.91 Å².